The van der Waals surface area contributed by atoms with Crippen LogP contribution in [0.4, 0.5) is 0 Å². The minimum atomic E-state index is -0.119. The third kappa shape index (κ3) is 4.18. The highest BCUT2D eigenvalue weighted by molar-refractivity contribution is 5.80. The van der Waals surface area contributed by atoms with Crippen molar-refractivity contribution >= 4 is 16.9 Å². The van der Waals surface area contributed by atoms with Crippen molar-refractivity contribution in [1.29, 1.82) is 0 Å². The summed E-state index contributed by atoms with van der Waals surface area (Å²) in [5.74, 6) is 0.743. The number of likely N-dealkylation sites (tertiary alicyclic amines) is 1. The van der Waals surface area contributed by atoms with Crippen molar-refractivity contribution in [1.82, 2.24) is 19.4 Å². The first-order valence-corrected chi connectivity index (χ1v) is 9.77. The molecule has 6 heteroatoms. The number of hydrogen-bond acceptors (Lipinski definition) is 3. The summed E-state index contributed by atoms with van der Waals surface area (Å²) in [6.45, 7) is 8.96. The van der Waals surface area contributed by atoms with E-state index in [4.69, 9.17) is 0 Å². The second-order valence-corrected chi connectivity index (χ2v) is 7.33. The summed E-state index contributed by atoms with van der Waals surface area (Å²) >= 11 is 0. The largest absolute Gasteiger partial charge is 0.354 e. The molecule has 6 nitrogen and oxygen atoms in total. The molecular formula is C20H30N4O2. The smallest absolute Gasteiger partial charge is 0.329 e. The number of para-hydroxylation sites is 2. The van der Waals surface area contributed by atoms with Crippen LogP contribution >= 0.6 is 0 Å². The Bertz CT molecular complexity index is 800. The first kappa shape index (κ1) is 18.7. The van der Waals surface area contributed by atoms with Crippen molar-refractivity contribution in [3.63, 3.8) is 0 Å². The number of benzene rings is 1. The van der Waals surface area contributed by atoms with Crippen LogP contribution in [0.15, 0.2) is 29.1 Å². The molecule has 0 radical (unpaired) electrons. The molecule has 1 fully saturated rings. The maximum atomic E-state index is 12.6. The van der Waals surface area contributed by atoms with Gasteiger partial charge in [-0.3, -0.25) is 13.9 Å². The topological polar surface area (TPSA) is 59.3 Å². The molecular weight excluding hydrogens is 328 g/mol. The van der Waals surface area contributed by atoms with Crippen molar-refractivity contribution in [3.05, 3.63) is 34.7 Å². The summed E-state index contributed by atoms with van der Waals surface area (Å²) < 4.78 is 3.28. The van der Waals surface area contributed by atoms with Crippen LogP contribution in [0.5, 0.6) is 0 Å². The zero-order valence-corrected chi connectivity index (χ0v) is 15.9. The zero-order chi connectivity index (χ0) is 18.5. The lowest BCUT2D eigenvalue weighted by molar-refractivity contribution is -0.121. The van der Waals surface area contributed by atoms with Gasteiger partial charge in [0.05, 0.1) is 11.0 Å². The van der Waals surface area contributed by atoms with E-state index < -0.39 is 0 Å². The molecule has 0 bridgehead atoms. The molecule has 1 N–H and O–H groups in total. The SMILES string of the molecule is CCn1c(=O)n(CC(=O)NCCCN2CCC(C)CC2)c2ccccc21. The second kappa shape index (κ2) is 8.54. The number of rotatable bonds is 7. The van der Waals surface area contributed by atoms with E-state index in [1.807, 2.05) is 31.2 Å². The van der Waals surface area contributed by atoms with Crippen LogP contribution in [-0.2, 0) is 17.9 Å². The zero-order valence-electron chi connectivity index (χ0n) is 15.9. The highest BCUT2D eigenvalue weighted by Gasteiger charge is 2.16. The highest BCUT2D eigenvalue weighted by atomic mass is 16.2. The van der Waals surface area contributed by atoms with E-state index in [1.54, 1.807) is 9.13 Å². The summed E-state index contributed by atoms with van der Waals surface area (Å²) in [4.78, 5) is 27.3. The van der Waals surface area contributed by atoms with Gasteiger partial charge in [0.15, 0.2) is 0 Å². The van der Waals surface area contributed by atoms with Gasteiger partial charge in [-0.2, -0.15) is 0 Å². The molecule has 0 spiro atoms. The molecule has 0 unspecified atom stereocenters. The van der Waals surface area contributed by atoms with E-state index in [1.165, 1.54) is 25.9 Å². The van der Waals surface area contributed by atoms with Gasteiger partial charge >= 0.3 is 5.69 Å². The number of aryl methyl sites for hydroxylation is 1. The van der Waals surface area contributed by atoms with Gasteiger partial charge in [-0.05, 0) is 63.9 Å². The Labute approximate surface area is 154 Å². The van der Waals surface area contributed by atoms with Crippen molar-refractivity contribution in [2.45, 2.75) is 46.2 Å². The Kier molecular flexibility index (Phi) is 6.14. The lowest BCUT2D eigenvalue weighted by Crippen LogP contribution is -2.37. The van der Waals surface area contributed by atoms with Crippen LogP contribution < -0.4 is 11.0 Å². The fraction of sp³-hybridized carbons (Fsp3) is 0.600. The van der Waals surface area contributed by atoms with Gasteiger partial charge in [-0.25, -0.2) is 4.79 Å². The van der Waals surface area contributed by atoms with Gasteiger partial charge < -0.3 is 10.2 Å². The summed E-state index contributed by atoms with van der Waals surface area (Å²) in [6.07, 6.45) is 3.50. The third-order valence-corrected chi connectivity index (χ3v) is 5.39. The van der Waals surface area contributed by atoms with Crippen LogP contribution in [0.1, 0.15) is 33.1 Å². The van der Waals surface area contributed by atoms with E-state index in [0.717, 1.165) is 29.9 Å². The average Bonchev–Trinajstić information content (AvgIpc) is 2.91. The predicted octanol–water partition coefficient (Wildman–Crippen LogP) is 2.06. The van der Waals surface area contributed by atoms with Crippen LogP contribution in [0.2, 0.25) is 0 Å². The maximum Gasteiger partial charge on any atom is 0.329 e. The average molecular weight is 358 g/mol. The number of piperidine rings is 1. The monoisotopic (exact) mass is 358 g/mol. The number of aromatic nitrogens is 2. The number of hydrogen-bond donors (Lipinski definition) is 1. The van der Waals surface area contributed by atoms with Crippen molar-refractivity contribution in [3.8, 4) is 0 Å². The molecule has 0 atom stereocenters. The first-order valence-electron chi connectivity index (χ1n) is 9.77. The molecule has 1 aliphatic rings. The third-order valence-electron chi connectivity index (χ3n) is 5.39. The Hall–Kier alpha value is -2.08. The molecule has 1 aromatic heterocycles. The molecule has 0 saturated carbocycles. The Morgan fingerprint density at radius 3 is 2.46 bits per heavy atom. The van der Waals surface area contributed by atoms with E-state index in [9.17, 15) is 9.59 Å². The standard InChI is InChI=1S/C20H30N4O2/c1-3-23-17-7-4-5-8-18(17)24(20(23)26)15-19(25)21-11-6-12-22-13-9-16(2)10-14-22/h4-5,7-8,16H,3,6,9-15H2,1-2H3,(H,21,25). The molecule has 2 aromatic rings. The molecule has 2 heterocycles. The van der Waals surface area contributed by atoms with Crippen molar-refractivity contribution in [2.75, 3.05) is 26.2 Å². The van der Waals surface area contributed by atoms with Crippen LogP contribution in [0.3, 0.4) is 0 Å². The first-order chi connectivity index (χ1) is 12.6. The number of amides is 1. The van der Waals surface area contributed by atoms with Crippen LogP contribution in [-0.4, -0.2) is 46.1 Å². The minimum absolute atomic E-state index is 0.0770. The summed E-state index contributed by atoms with van der Waals surface area (Å²) in [6, 6.07) is 7.64. The predicted molar refractivity (Wildman–Crippen MR) is 104 cm³/mol. The molecule has 1 saturated heterocycles. The second-order valence-electron chi connectivity index (χ2n) is 7.33. The van der Waals surface area contributed by atoms with Gasteiger partial charge in [0.1, 0.15) is 6.54 Å². The number of fused-ring (bicyclic) bond motifs is 1. The lowest BCUT2D eigenvalue weighted by atomic mass is 9.99. The van der Waals surface area contributed by atoms with Crippen molar-refractivity contribution < 1.29 is 4.79 Å². The lowest BCUT2D eigenvalue weighted by Gasteiger charge is -2.30. The fourth-order valence-corrected chi connectivity index (χ4v) is 3.75. The van der Waals surface area contributed by atoms with Gasteiger partial charge in [-0.1, -0.05) is 19.1 Å². The normalized spacial score (nSPS) is 16.2. The number of nitrogens with one attached hydrogen (secondary N) is 1. The molecule has 3 rings (SSSR count). The fourth-order valence-electron chi connectivity index (χ4n) is 3.75. The molecule has 0 aliphatic carbocycles. The number of imidazole rings is 1. The van der Waals surface area contributed by atoms with Gasteiger partial charge in [-0.15, -0.1) is 0 Å². The van der Waals surface area contributed by atoms with E-state index >= 15 is 0 Å². The maximum absolute atomic E-state index is 12.6. The van der Waals surface area contributed by atoms with E-state index in [-0.39, 0.29) is 18.1 Å². The summed E-state index contributed by atoms with van der Waals surface area (Å²) in [7, 11) is 0. The molecule has 26 heavy (non-hydrogen) atoms. The molecule has 1 aromatic carbocycles. The van der Waals surface area contributed by atoms with Crippen molar-refractivity contribution in [2.24, 2.45) is 5.92 Å². The summed E-state index contributed by atoms with van der Waals surface area (Å²) in [5.41, 5.74) is 1.58. The Morgan fingerprint density at radius 2 is 1.81 bits per heavy atom. The quantitative estimate of drug-likeness (QED) is 0.771. The van der Waals surface area contributed by atoms with Crippen LogP contribution in [0, 0.1) is 5.92 Å². The van der Waals surface area contributed by atoms with Gasteiger partial charge in [0, 0.05) is 13.1 Å². The number of carbonyl (C=O) groups excluding carboxylic acids is 1. The van der Waals surface area contributed by atoms with E-state index in [0.29, 0.717) is 13.1 Å². The number of carbonyl (C=O) groups is 1. The molecule has 1 amide bonds. The Morgan fingerprint density at radius 1 is 1.15 bits per heavy atom. The highest BCUT2D eigenvalue weighted by Crippen LogP contribution is 2.15. The summed E-state index contributed by atoms with van der Waals surface area (Å²) in [5, 5.41) is 2.96. The van der Waals surface area contributed by atoms with E-state index in [2.05, 4.69) is 17.1 Å². The Balaban J connectivity index is 1.52. The number of nitrogens with zero attached hydrogens (tertiary/aromatic N) is 3. The molecule has 1 aliphatic heterocycles. The molecule has 142 valence electrons. The van der Waals surface area contributed by atoms with Gasteiger partial charge in [0.25, 0.3) is 0 Å². The minimum Gasteiger partial charge on any atom is -0.354 e. The van der Waals surface area contributed by atoms with Crippen LogP contribution in [0.25, 0.3) is 11.0 Å². The van der Waals surface area contributed by atoms with Gasteiger partial charge in [0.2, 0.25) is 5.91 Å².